The van der Waals surface area contributed by atoms with E-state index in [-0.39, 0.29) is 0 Å². The average molecular weight is 250 g/mol. The second-order valence-corrected chi connectivity index (χ2v) is 5.84. The molecule has 2 heterocycles. The summed E-state index contributed by atoms with van der Waals surface area (Å²) in [7, 11) is 0. The Morgan fingerprint density at radius 1 is 1.50 bits per heavy atom. The highest BCUT2D eigenvalue weighted by Gasteiger charge is 2.21. The number of nitrogens with one attached hydrogen (secondary N) is 1. The average Bonchev–Trinajstić information content (AvgIpc) is 2.96. The number of rotatable bonds is 7. The molecule has 1 aromatic heterocycles. The van der Waals surface area contributed by atoms with Crippen molar-refractivity contribution >= 4 is 0 Å². The Bertz CT molecular complexity index is 321. The summed E-state index contributed by atoms with van der Waals surface area (Å²) in [5.41, 5.74) is 0. The van der Waals surface area contributed by atoms with E-state index in [4.69, 9.17) is 4.42 Å². The predicted molar refractivity (Wildman–Crippen MR) is 74.7 cm³/mol. The van der Waals surface area contributed by atoms with Crippen LogP contribution in [0, 0.1) is 11.8 Å². The lowest BCUT2D eigenvalue weighted by atomic mass is 10.1. The van der Waals surface area contributed by atoms with Gasteiger partial charge in [0.2, 0.25) is 0 Å². The van der Waals surface area contributed by atoms with Gasteiger partial charge in [0.1, 0.15) is 5.76 Å². The topological polar surface area (TPSA) is 28.4 Å². The Morgan fingerprint density at radius 2 is 2.39 bits per heavy atom. The fraction of sp³-hybridized carbons (Fsp3) is 0.733. The molecule has 102 valence electrons. The van der Waals surface area contributed by atoms with Crippen molar-refractivity contribution < 1.29 is 4.42 Å². The van der Waals surface area contributed by atoms with E-state index in [9.17, 15) is 0 Å². The van der Waals surface area contributed by atoms with E-state index in [1.54, 1.807) is 6.26 Å². The molecule has 1 saturated heterocycles. The van der Waals surface area contributed by atoms with Crippen LogP contribution in [0.1, 0.15) is 26.0 Å². The first-order valence-corrected chi connectivity index (χ1v) is 7.19. The molecule has 1 fully saturated rings. The summed E-state index contributed by atoms with van der Waals surface area (Å²) >= 11 is 0. The molecule has 3 nitrogen and oxygen atoms in total. The minimum atomic E-state index is 0.751. The minimum absolute atomic E-state index is 0.751. The van der Waals surface area contributed by atoms with Crippen LogP contribution >= 0.6 is 0 Å². The van der Waals surface area contributed by atoms with Crippen LogP contribution in [0.2, 0.25) is 0 Å². The third-order valence-corrected chi connectivity index (χ3v) is 3.61. The highest BCUT2D eigenvalue weighted by Crippen LogP contribution is 2.16. The molecule has 0 amide bonds. The van der Waals surface area contributed by atoms with Crippen molar-refractivity contribution in [2.24, 2.45) is 11.8 Å². The maximum absolute atomic E-state index is 5.37. The zero-order valence-electron chi connectivity index (χ0n) is 11.7. The summed E-state index contributed by atoms with van der Waals surface area (Å²) in [6.07, 6.45) is 4.14. The normalized spacial score (nSPS) is 20.9. The molecule has 1 aromatic rings. The Balaban J connectivity index is 1.59. The molecule has 0 bridgehead atoms. The van der Waals surface area contributed by atoms with Gasteiger partial charge in [0, 0.05) is 19.5 Å². The highest BCUT2D eigenvalue weighted by molar-refractivity contribution is 4.98. The van der Waals surface area contributed by atoms with E-state index >= 15 is 0 Å². The molecule has 2 rings (SSSR count). The predicted octanol–water partition coefficient (Wildman–Crippen LogP) is 2.39. The molecular weight excluding hydrogens is 224 g/mol. The molecule has 1 unspecified atom stereocenters. The third kappa shape index (κ3) is 4.46. The molecule has 0 aromatic carbocycles. The van der Waals surface area contributed by atoms with Crippen molar-refractivity contribution in [3.05, 3.63) is 24.2 Å². The Kier molecular flexibility index (Phi) is 5.26. The van der Waals surface area contributed by atoms with Gasteiger partial charge in [-0.3, -0.25) is 0 Å². The maximum atomic E-state index is 5.37. The molecular formula is C15H26N2O. The second kappa shape index (κ2) is 6.95. The van der Waals surface area contributed by atoms with Gasteiger partial charge in [0.05, 0.1) is 6.26 Å². The van der Waals surface area contributed by atoms with Gasteiger partial charge in [-0.05, 0) is 50.0 Å². The van der Waals surface area contributed by atoms with Crippen LogP contribution in [0.5, 0.6) is 0 Å². The molecule has 1 N–H and O–H groups in total. The number of hydrogen-bond acceptors (Lipinski definition) is 3. The molecule has 0 aliphatic carbocycles. The fourth-order valence-electron chi connectivity index (χ4n) is 2.58. The van der Waals surface area contributed by atoms with E-state index in [1.807, 2.05) is 6.07 Å². The molecule has 1 aliphatic rings. The van der Waals surface area contributed by atoms with Gasteiger partial charge >= 0.3 is 0 Å². The van der Waals surface area contributed by atoms with Crippen molar-refractivity contribution in [2.75, 3.05) is 32.7 Å². The van der Waals surface area contributed by atoms with Gasteiger partial charge in [-0.25, -0.2) is 0 Å². The monoisotopic (exact) mass is 250 g/mol. The van der Waals surface area contributed by atoms with Crippen LogP contribution in [-0.2, 0) is 6.42 Å². The summed E-state index contributed by atoms with van der Waals surface area (Å²) in [5.74, 6) is 2.69. The van der Waals surface area contributed by atoms with E-state index in [2.05, 4.69) is 30.1 Å². The zero-order valence-corrected chi connectivity index (χ0v) is 11.7. The maximum Gasteiger partial charge on any atom is 0.105 e. The van der Waals surface area contributed by atoms with Crippen LogP contribution in [0.15, 0.2) is 22.8 Å². The van der Waals surface area contributed by atoms with E-state index in [1.165, 1.54) is 26.1 Å². The number of hydrogen-bond donors (Lipinski definition) is 1. The van der Waals surface area contributed by atoms with Crippen molar-refractivity contribution in [1.29, 1.82) is 0 Å². The van der Waals surface area contributed by atoms with Crippen LogP contribution in [0.4, 0.5) is 0 Å². The second-order valence-electron chi connectivity index (χ2n) is 5.84. The minimum Gasteiger partial charge on any atom is -0.469 e. The highest BCUT2D eigenvalue weighted by atomic mass is 16.3. The largest absolute Gasteiger partial charge is 0.469 e. The van der Waals surface area contributed by atoms with Crippen LogP contribution < -0.4 is 5.32 Å². The molecule has 3 heteroatoms. The van der Waals surface area contributed by atoms with Gasteiger partial charge in [-0.2, -0.15) is 0 Å². The SMILES string of the molecule is CC(C)CNCC1CCN(CCc2ccco2)C1. The summed E-state index contributed by atoms with van der Waals surface area (Å²) in [4.78, 5) is 2.56. The summed E-state index contributed by atoms with van der Waals surface area (Å²) < 4.78 is 5.37. The fourth-order valence-corrected chi connectivity index (χ4v) is 2.58. The Morgan fingerprint density at radius 3 is 3.11 bits per heavy atom. The molecule has 0 radical (unpaired) electrons. The van der Waals surface area contributed by atoms with Gasteiger partial charge in [-0.1, -0.05) is 13.8 Å². The summed E-state index contributed by atoms with van der Waals surface area (Å²) in [6, 6.07) is 4.04. The third-order valence-electron chi connectivity index (χ3n) is 3.61. The summed E-state index contributed by atoms with van der Waals surface area (Å²) in [5, 5.41) is 3.57. The quantitative estimate of drug-likeness (QED) is 0.805. The van der Waals surface area contributed by atoms with E-state index < -0.39 is 0 Å². The smallest absolute Gasteiger partial charge is 0.105 e. The summed E-state index contributed by atoms with van der Waals surface area (Å²) in [6.45, 7) is 10.5. The zero-order chi connectivity index (χ0) is 12.8. The molecule has 18 heavy (non-hydrogen) atoms. The first-order chi connectivity index (χ1) is 8.74. The lowest BCUT2D eigenvalue weighted by molar-refractivity contribution is 0.315. The van der Waals surface area contributed by atoms with E-state index in [0.717, 1.165) is 37.1 Å². The van der Waals surface area contributed by atoms with Crippen LogP contribution in [0.25, 0.3) is 0 Å². The Labute approximate surface area is 111 Å². The standard InChI is InChI=1S/C15H26N2O/c1-13(2)10-16-11-14-5-7-17(12-14)8-6-15-4-3-9-18-15/h3-4,9,13-14,16H,5-8,10-12H2,1-2H3. The first kappa shape index (κ1) is 13.6. The number of nitrogens with zero attached hydrogens (tertiary/aromatic N) is 1. The van der Waals surface area contributed by atoms with Gasteiger partial charge < -0.3 is 14.6 Å². The molecule has 1 aliphatic heterocycles. The van der Waals surface area contributed by atoms with E-state index in [0.29, 0.717) is 0 Å². The van der Waals surface area contributed by atoms with Gasteiger partial charge in [0.15, 0.2) is 0 Å². The van der Waals surface area contributed by atoms with Crippen molar-refractivity contribution in [3.8, 4) is 0 Å². The number of furan rings is 1. The van der Waals surface area contributed by atoms with Crippen molar-refractivity contribution in [2.45, 2.75) is 26.7 Å². The number of likely N-dealkylation sites (tertiary alicyclic amines) is 1. The van der Waals surface area contributed by atoms with Crippen LogP contribution in [0.3, 0.4) is 0 Å². The molecule has 1 atom stereocenters. The van der Waals surface area contributed by atoms with Crippen molar-refractivity contribution in [1.82, 2.24) is 10.2 Å². The lowest BCUT2D eigenvalue weighted by Crippen LogP contribution is -2.29. The molecule has 0 saturated carbocycles. The van der Waals surface area contributed by atoms with Crippen LogP contribution in [-0.4, -0.2) is 37.6 Å². The van der Waals surface area contributed by atoms with Crippen molar-refractivity contribution in [3.63, 3.8) is 0 Å². The lowest BCUT2D eigenvalue weighted by Gasteiger charge is -2.16. The Hall–Kier alpha value is -0.800. The molecule has 0 spiro atoms. The van der Waals surface area contributed by atoms with Gasteiger partial charge in [0.25, 0.3) is 0 Å². The first-order valence-electron chi connectivity index (χ1n) is 7.19. The van der Waals surface area contributed by atoms with Gasteiger partial charge in [-0.15, -0.1) is 0 Å².